The van der Waals surface area contributed by atoms with E-state index in [2.05, 4.69) is 6.92 Å². The first kappa shape index (κ1) is 15.6. The molecule has 1 atom stereocenters. The van der Waals surface area contributed by atoms with E-state index in [0.717, 1.165) is 19.3 Å². The number of Topliss-reactive ketones (excluding diaryl/α,β-unsaturated/α-hetero) is 1. The molecule has 0 saturated heterocycles. The Kier molecular flexibility index (Phi) is 7.60. The molecule has 0 spiro atoms. The van der Waals surface area contributed by atoms with Crippen LogP contribution in [-0.2, 0) is 9.53 Å². The maximum atomic E-state index is 10.9. The van der Waals surface area contributed by atoms with Gasteiger partial charge in [0.1, 0.15) is 5.78 Å². The summed E-state index contributed by atoms with van der Waals surface area (Å²) in [5.41, 5.74) is -0.168. The smallest absolute Gasteiger partial charge is 0.130 e. The number of carbonyl (C=O) groups excluding carboxylic acids is 1. The Hall–Kier alpha value is -0.410. The van der Waals surface area contributed by atoms with E-state index in [1.54, 1.807) is 6.92 Å². The molecule has 96 valence electrons. The van der Waals surface area contributed by atoms with E-state index in [-0.39, 0.29) is 18.0 Å². The summed E-state index contributed by atoms with van der Waals surface area (Å²) in [6.45, 7) is 8.31. The molecule has 0 fully saturated rings. The molecule has 1 unspecified atom stereocenters. The first-order valence-corrected chi connectivity index (χ1v) is 6.11. The molecule has 0 aromatic heterocycles. The molecule has 0 bridgehead atoms. The summed E-state index contributed by atoms with van der Waals surface area (Å²) in [6.07, 6.45) is 3.77. The van der Waals surface area contributed by atoms with Crippen LogP contribution in [0.15, 0.2) is 0 Å². The van der Waals surface area contributed by atoms with Crippen LogP contribution in [0.2, 0.25) is 0 Å². The number of hydrogen-bond acceptors (Lipinski definition) is 3. The lowest BCUT2D eigenvalue weighted by molar-refractivity contribution is -0.117. The van der Waals surface area contributed by atoms with Crippen molar-refractivity contribution in [1.29, 1.82) is 0 Å². The summed E-state index contributed by atoms with van der Waals surface area (Å²) in [5.74, 6) is 0.731. The van der Waals surface area contributed by atoms with Crippen molar-refractivity contribution >= 4 is 5.78 Å². The van der Waals surface area contributed by atoms with Crippen LogP contribution >= 0.6 is 0 Å². The quantitative estimate of drug-likeness (QED) is 0.662. The molecular formula is C13H26O3. The second-order valence-corrected chi connectivity index (χ2v) is 5.24. The van der Waals surface area contributed by atoms with Gasteiger partial charge in [-0.05, 0) is 33.1 Å². The zero-order valence-corrected chi connectivity index (χ0v) is 11.1. The minimum atomic E-state index is -0.168. The Bertz CT molecular complexity index is 199. The molecule has 16 heavy (non-hydrogen) atoms. The topological polar surface area (TPSA) is 46.5 Å². The minimum Gasteiger partial charge on any atom is -0.394 e. The monoisotopic (exact) mass is 230 g/mol. The van der Waals surface area contributed by atoms with Gasteiger partial charge in [0.15, 0.2) is 0 Å². The van der Waals surface area contributed by atoms with Gasteiger partial charge < -0.3 is 14.6 Å². The van der Waals surface area contributed by atoms with E-state index in [0.29, 0.717) is 18.9 Å². The number of ketones is 1. The van der Waals surface area contributed by atoms with Crippen LogP contribution in [0.1, 0.15) is 53.4 Å². The van der Waals surface area contributed by atoms with E-state index in [1.807, 2.05) is 13.8 Å². The lowest BCUT2D eigenvalue weighted by Crippen LogP contribution is -2.26. The molecule has 0 amide bonds. The van der Waals surface area contributed by atoms with Gasteiger partial charge >= 0.3 is 0 Å². The Labute approximate surface area is 99.2 Å². The zero-order chi connectivity index (χ0) is 12.6. The van der Waals surface area contributed by atoms with Crippen LogP contribution in [0.25, 0.3) is 0 Å². The van der Waals surface area contributed by atoms with E-state index < -0.39 is 0 Å². The summed E-state index contributed by atoms with van der Waals surface area (Å²) in [6, 6.07) is 0. The number of ether oxygens (including phenoxy) is 1. The van der Waals surface area contributed by atoms with Crippen LogP contribution in [0.4, 0.5) is 0 Å². The predicted octanol–water partition coefficient (Wildman–Crippen LogP) is 2.56. The molecule has 0 radical (unpaired) electrons. The third kappa shape index (κ3) is 8.86. The first-order chi connectivity index (χ1) is 7.37. The van der Waals surface area contributed by atoms with Crippen LogP contribution in [0.3, 0.4) is 0 Å². The number of aliphatic hydroxyl groups excluding tert-OH is 1. The summed E-state index contributed by atoms with van der Waals surface area (Å²) in [4.78, 5) is 10.9. The van der Waals surface area contributed by atoms with Crippen molar-refractivity contribution < 1.29 is 14.6 Å². The van der Waals surface area contributed by atoms with Crippen molar-refractivity contribution in [2.75, 3.05) is 13.2 Å². The fourth-order valence-electron chi connectivity index (χ4n) is 1.86. The Morgan fingerprint density at radius 2 is 2.06 bits per heavy atom. The Morgan fingerprint density at radius 3 is 2.56 bits per heavy atom. The molecule has 0 aliphatic heterocycles. The van der Waals surface area contributed by atoms with Gasteiger partial charge in [-0.2, -0.15) is 0 Å². The van der Waals surface area contributed by atoms with Crippen LogP contribution in [0, 0.1) is 5.92 Å². The molecule has 3 heteroatoms. The van der Waals surface area contributed by atoms with Crippen molar-refractivity contribution in [2.45, 2.75) is 59.0 Å². The first-order valence-electron chi connectivity index (χ1n) is 6.11. The van der Waals surface area contributed by atoms with E-state index in [9.17, 15) is 4.79 Å². The maximum Gasteiger partial charge on any atom is 0.130 e. The largest absolute Gasteiger partial charge is 0.394 e. The van der Waals surface area contributed by atoms with Gasteiger partial charge in [-0.15, -0.1) is 0 Å². The van der Waals surface area contributed by atoms with E-state index >= 15 is 0 Å². The molecule has 0 heterocycles. The number of aliphatic hydroxyl groups is 1. The highest BCUT2D eigenvalue weighted by molar-refractivity contribution is 5.75. The van der Waals surface area contributed by atoms with Crippen LogP contribution in [0.5, 0.6) is 0 Å². The lowest BCUT2D eigenvalue weighted by atomic mass is 9.94. The highest BCUT2D eigenvalue weighted by atomic mass is 16.5. The third-order valence-electron chi connectivity index (χ3n) is 2.70. The van der Waals surface area contributed by atoms with Crippen molar-refractivity contribution in [1.82, 2.24) is 0 Å². The maximum absolute atomic E-state index is 10.9. The Balaban J connectivity index is 3.66. The fraction of sp³-hybridized carbons (Fsp3) is 0.923. The van der Waals surface area contributed by atoms with Crippen LogP contribution in [-0.4, -0.2) is 29.7 Å². The molecule has 3 nitrogen and oxygen atoms in total. The molecule has 0 rings (SSSR count). The molecule has 0 aliphatic carbocycles. The van der Waals surface area contributed by atoms with Crippen LogP contribution < -0.4 is 0 Å². The number of carbonyl (C=O) groups is 1. The zero-order valence-electron chi connectivity index (χ0n) is 11.1. The van der Waals surface area contributed by atoms with Gasteiger partial charge in [-0.25, -0.2) is 0 Å². The highest BCUT2D eigenvalue weighted by Crippen LogP contribution is 2.21. The second-order valence-electron chi connectivity index (χ2n) is 5.24. The molecule has 0 aromatic rings. The van der Waals surface area contributed by atoms with Gasteiger partial charge in [0.05, 0.1) is 18.8 Å². The van der Waals surface area contributed by atoms with E-state index in [1.165, 1.54) is 0 Å². The Morgan fingerprint density at radius 1 is 1.44 bits per heavy atom. The standard InChI is InChI=1S/C13H26O3/c1-11(10-12(2)15)6-5-7-13(3,4)16-9-8-14/h11,14H,5-10H2,1-4H3. The third-order valence-corrected chi connectivity index (χ3v) is 2.70. The fourth-order valence-corrected chi connectivity index (χ4v) is 1.86. The SMILES string of the molecule is CC(=O)CC(C)CCCC(C)(C)OCCO. The summed E-state index contributed by atoms with van der Waals surface area (Å²) < 4.78 is 5.52. The number of rotatable bonds is 9. The summed E-state index contributed by atoms with van der Waals surface area (Å²) >= 11 is 0. The van der Waals surface area contributed by atoms with Crippen molar-refractivity contribution in [3.63, 3.8) is 0 Å². The average molecular weight is 230 g/mol. The molecule has 0 aromatic carbocycles. The van der Waals surface area contributed by atoms with Gasteiger partial charge in [-0.1, -0.05) is 19.8 Å². The van der Waals surface area contributed by atoms with Crippen molar-refractivity contribution in [3.8, 4) is 0 Å². The predicted molar refractivity (Wildman–Crippen MR) is 65.4 cm³/mol. The average Bonchev–Trinajstić information content (AvgIpc) is 2.13. The molecule has 1 N–H and O–H groups in total. The number of hydrogen-bond donors (Lipinski definition) is 1. The summed E-state index contributed by atoms with van der Waals surface area (Å²) in [5, 5.41) is 8.68. The van der Waals surface area contributed by atoms with Crippen molar-refractivity contribution in [2.24, 2.45) is 5.92 Å². The van der Waals surface area contributed by atoms with Gasteiger partial charge in [0.2, 0.25) is 0 Å². The van der Waals surface area contributed by atoms with E-state index in [4.69, 9.17) is 9.84 Å². The molecular weight excluding hydrogens is 204 g/mol. The molecule has 0 saturated carbocycles. The highest BCUT2D eigenvalue weighted by Gasteiger charge is 2.18. The van der Waals surface area contributed by atoms with Gasteiger partial charge in [-0.3, -0.25) is 0 Å². The molecule has 0 aliphatic rings. The van der Waals surface area contributed by atoms with Crippen molar-refractivity contribution in [3.05, 3.63) is 0 Å². The van der Waals surface area contributed by atoms with Gasteiger partial charge in [0, 0.05) is 6.42 Å². The second kappa shape index (κ2) is 7.80. The van der Waals surface area contributed by atoms with Gasteiger partial charge in [0.25, 0.3) is 0 Å². The normalized spacial score (nSPS) is 13.8. The minimum absolute atomic E-state index is 0.0736. The lowest BCUT2D eigenvalue weighted by Gasteiger charge is -2.25. The summed E-state index contributed by atoms with van der Waals surface area (Å²) in [7, 11) is 0.